The molecule has 2 heterocycles. The van der Waals surface area contributed by atoms with E-state index >= 15 is 0 Å². The lowest BCUT2D eigenvalue weighted by Gasteiger charge is -2.47. The van der Waals surface area contributed by atoms with E-state index in [4.69, 9.17) is 27.9 Å². The Morgan fingerprint density at radius 2 is 1.77 bits per heavy atom. The Balaban J connectivity index is 1.41. The van der Waals surface area contributed by atoms with Gasteiger partial charge in [0.2, 0.25) is 0 Å². The molecule has 1 aromatic heterocycles. The van der Waals surface area contributed by atoms with Crippen molar-refractivity contribution >= 4 is 62.5 Å². The molecule has 8 nitrogen and oxygen atoms in total. The molecule has 11 heteroatoms. The highest BCUT2D eigenvalue weighted by molar-refractivity contribution is 9.12. The summed E-state index contributed by atoms with van der Waals surface area (Å²) in [6.07, 6.45) is 7.83. The van der Waals surface area contributed by atoms with Gasteiger partial charge in [0.05, 0.1) is 32.1 Å². The first-order valence-corrected chi connectivity index (χ1v) is 14.5. The molecule has 5 rings (SSSR count). The van der Waals surface area contributed by atoms with E-state index in [2.05, 4.69) is 31.5 Å². The summed E-state index contributed by atoms with van der Waals surface area (Å²) in [6.45, 7) is 1.00. The van der Waals surface area contributed by atoms with Gasteiger partial charge in [0.15, 0.2) is 5.78 Å². The van der Waals surface area contributed by atoms with Crippen molar-refractivity contribution < 1.29 is 24.2 Å². The molecule has 39 heavy (non-hydrogen) atoms. The number of pyridine rings is 1. The molecular formula is C28H28BrCl2N3O5. The maximum Gasteiger partial charge on any atom is 0.326 e. The molecule has 3 aliphatic rings. The minimum absolute atomic E-state index is 0.0362. The molecule has 2 aromatic rings. The number of anilines is 1. The highest BCUT2D eigenvalue weighted by Crippen LogP contribution is 2.54. The second-order valence-corrected chi connectivity index (χ2v) is 11.9. The maximum atomic E-state index is 12.9. The number of ketones is 1. The van der Waals surface area contributed by atoms with Crippen LogP contribution >= 0.6 is 39.1 Å². The van der Waals surface area contributed by atoms with Gasteiger partial charge in [0, 0.05) is 36.3 Å². The van der Waals surface area contributed by atoms with E-state index in [9.17, 15) is 19.5 Å². The zero-order valence-electron chi connectivity index (χ0n) is 21.0. The Morgan fingerprint density at radius 1 is 1.10 bits per heavy atom. The number of aliphatic carboxylic acids is 1. The van der Waals surface area contributed by atoms with Gasteiger partial charge in [-0.25, -0.2) is 4.79 Å². The van der Waals surface area contributed by atoms with Crippen LogP contribution in [0.3, 0.4) is 0 Å². The average Bonchev–Trinajstić information content (AvgIpc) is 3.46. The molecule has 0 bridgehead atoms. The number of carbonyl (C=O) groups excluding carboxylic acids is 2. The maximum absolute atomic E-state index is 12.9. The Hall–Kier alpha value is -2.46. The zero-order chi connectivity index (χ0) is 27.7. The smallest absolute Gasteiger partial charge is 0.326 e. The Kier molecular flexibility index (Phi) is 8.33. The number of halogens is 3. The summed E-state index contributed by atoms with van der Waals surface area (Å²) in [5.41, 5.74) is 1.51. The third kappa shape index (κ3) is 5.34. The van der Waals surface area contributed by atoms with Gasteiger partial charge >= 0.3 is 5.97 Å². The summed E-state index contributed by atoms with van der Waals surface area (Å²) < 4.78 is 6.10. The number of rotatable bonds is 8. The van der Waals surface area contributed by atoms with E-state index in [-0.39, 0.29) is 27.3 Å². The average molecular weight is 637 g/mol. The predicted molar refractivity (Wildman–Crippen MR) is 151 cm³/mol. The number of carboxylic acids is 1. The Bertz CT molecular complexity index is 1300. The van der Waals surface area contributed by atoms with Gasteiger partial charge in [-0.05, 0) is 58.8 Å². The quantitative estimate of drug-likeness (QED) is 0.328. The number of Topliss-reactive ketones (excluding diaryl/α,β-unsaturated/α-hetero) is 1. The lowest BCUT2D eigenvalue weighted by atomic mass is 9.62. The van der Waals surface area contributed by atoms with Crippen LogP contribution in [0.15, 0.2) is 46.8 Å². The number of benzene rings is 1. The van der Waals surface area contributed by atoms with E-state index in [1.54, 1.807) is 12.1 Å². The van der Waals surface area contributed by atoms with Crippen molar-refractivity contribution in [1.82, 2.24) is 10.3 Å². The molecule has 1 amide bonds. The molecule has 1 saturated heterocycles. The second kappa shape index (κ2) is 11.6. The molecule has 1 aliphatic heterocycles. The first kappa shape index (κ1) is 28.1. The number of ether oxygens (including phenoxy) is 1. The number of allylic oxidation sites excluding steroid dienone is 2. The number of amides is 1. The van der Waals surface area contributed by atoms with E-state index in [0.717, 1.165) is 44.1 Å². The van der Waals surface area contributed by atoms with Crippen LogP contribution in [-0.2, 0) is 14.3 Å². The number of nitrogens with one attached hydrogen (secondary N) is 2. The number of carboxylic acid groups (broad SMARTS) is 1. The molecule has 0 radical (unpaired) electrons. The summed E-state index contributed by atoms with van der Waals surface area (Å²) in [7, 11) is 0. The summed E-state index contributed by atoms with van der Waals surface area (Å²) in [5.74, 6) is -1.88. The van der Waals surface area contributed by atoms with Crippen molar-refractivity contribution in [2.75, 3.05) is 18.5 Å². The lowest BCUT2D eigenvalue weighted by Crippen LogP contribution is -2.55. The molecular weight excluding hydrogens is 609 g/mol. The van der Waals surface area contributed by atoms with Crippen molar-refractivity contribution in [3.63, 3.8) is 0 Å². The molecule has 1 saturated carbocycles. The van der Waals surface area contributed by atoms with Crippen LogP contribution in [0.5, 0.6) is 0 Å². The number of hydrogen-bond acceptors (Lipinski definition) is 6. The number of nitrogens with zero attached hydrogens (tertiary/aromatic N) is 1. The third-order valence-electron chi connectivity index (χ3n) is 8.07. The number of aromatic nitrogens is 1. The SMILES string of the molecule is O=C(Nc1ccc(C(C2CCOC2)[C@H](NC2=C(Br)C(=O)C23CCCCC3)C(=O)O)cc1)c1c(Cl)cncc1Cl. The van der Waals surface area contributed by atoms with Crippen LogP contribution < -0.4 is 10.6 Å². The molecule has 3 atom stereocenters. The van der Waals surface area contributed by atoms with E-state index in [1.165, 1.54) is 12.4 Å². The summed E-state index contributed by atoms with van der Waals surface area (Å²) in [4.78, 5) is 42.3. The van der Waals surface area contributed by atoms with Crippen molar-refractivity contribution in [2.24, 2.45) is 11.3 Å². The first-order chi connectivity index (χ1) is 18.7. The van der Waals surface area contributed by atoms with E-state index in [1.807, 2.05) is 12.1 Å². The van der Waals surface area contributed by atoms with Gasteiger partial charge in [-0.3, -0.25) is 14.6 Å². The van der Waals surface area contributed by atoms with Gasteiger partial charge in [-0.15, -0.1) is 0 Å². The largest absolute Gasteiger partial charge is 0.480 e. The minimum atomic E-state index is -0.996. The number of hydrogen-bond donors (Lipinski definition) is 3. The molecule has 1 spiro atoms. The highest BCUT2D eigenvalue weighted by Gasteiger charge is 2.54. The number of carbonyl (C=O) groups is 3. The Labute approximate surface area is 244 Å². The first-order valence-electron chi connectivity index (χ1n) is 13.0. The van der Waals surface area contributed by atoms with Gasteiger partial charge in [-0.1, -0.05) is 54.6 Å². The Morgan fingerprint density at radius 3 is 2.36 bits per heavy atom. The minimum Gasteiger partial charge on any atom is -0.480 e. The van der Waals surface area contributed by atoms with Crippen LogP contribution in [0.4, 0.5) is 5.69 Å². The molecule has 2 fully saturated rings. The predicted octanol–water partition coefficient (Wildman–Crippen LogP) is 5.94. The van der Waals surface area contributed by atoms with Gasteiger partial charge in [0.25, 0.3) is 5.91 Å². The van der Waals surface area contributed by atoms with Crippen molar-refractivity contribution in [2.45, 2.75) is 50.5 Å². The van der Waals surface area contributed by atoms with Crippen LogP contribution in [0.1, 0.15) is 60.4 Å². The van der Waals surface area contributed by atoms with Gasteiger partial charge in [0.1, 0.15) is 6.04 Å². The van der Waals surface area contributed by atoms with E-state index in [0.29, 0.717) is 29.1 Å². The molecule has 206 valence electrons. The second-order valence-electron chi connectivity index (χ2n) is 10.3. The highest BCUT2D eigenvalue weighted by atomic mass is 79.9. The standard InChI is InChI=1S/C28H28BrCl2N3O5/c29-22-24(28(25(22)35)9-2-1-3-10-28)34-23(27(37)38)20(16-8-11-39-14-16)15-4-6-17(7-5-15)33-26(36)21-18(30)12-32-13-19(21)31/h4-7,12-13,16,20,23,34H,1-3,8-11,14H2,(H,33,36)(H,37,38)/t16?,20?,23-/m0/s1. The van der Waals surface area contributed by atoms with E-state index < -0.39 is 29.3 Å². The fourth-order valence-electron chi connectivity index (χ4n) is 6.06. The fraction of sp³-hybridized carbons (Fsp3) is 0.429. The lowest BCUT2D eigenvalue weighted by molar-refractivity contribution is -0.141. The molecule has 3 N–H and O–H groups in total. The van der Waals surface area contributed by atoms with Crippen molar-refractivity contribution in [3.8, 4) is 0 Å². The topological polar surface area (TPSA) is 118 Å². The normalized spacial score (nSPS) is 21.8. The van der Waals surface area contributed by atoms with Crippen molar-refractivity contribution in [1.29, 1.82) is 0 Å². The molecule has 1 aromatic carbocycles. The third-order valence-corrected chi connectivity index (χ3v) is 9.40. The van der Waals surface area contributed by atoms with Crippen molar-refractivity contribution in [3.05, 3.63) is 68.0 Å². The summed E-state index contributed by atoms with van der Waals surface area (Å²) >= 11 is 15.6. The van der Waals surface area contributed by atoms with Gasteiger partial charge < -0.3 is 20.5 Å². The zero-order valence-corrected chi connectivity index (χ0v) is 24.1. The van der Waals surface area contributed by atoms with Crippen LogP contribution in [0.2, 0.25) is 10.0 Å². The van der Waals surface area contributed by atoms with Crippen LogP contribution in [0.25, 0.3) is 0 Å². The molecule has 2 aliphatic carbocycles. The summed E-state index contributed by atoms with van der Waals surface area (Å²) in [5, 5.41) is 16.8. The summed E-state index contributed by atoms with van der Waals surface area (Å²) in [6, 6.07) is 6.11. The van der Waals surface area contributed by atoms with Crippen LogP contribution in [0, 0.1) is 11.3 Å². The van der Waals surface area contributed by atoms with Crippen LogP contribution in [-0.4, -0.2) is 47.0 Å². The van der Waals surface area contributed by atoms with Gasteiger partial charge in [-0.2, -0.15) is 0 Å². The fourth-order valence-corrected chi connectivity index (χ4v) is 7.47. The molecule has 2 unspecified atom stereocenters. The monoisotopic (exact) mass is 635 g/mol.